The fourth-order valence-electron chi connectivity index (χ4n) is 4.46. The lowest BCUT2D eigenvalue weighted by atomic mass is 9.88. The molecule has 5 heteroatoms. The van der Waals surface area contributed by atoms with Crippen LogP contribution in [0.1, 0.15) is 63.4 Å². The summed E-state index contributed by atoms with van der Waals surface area (Å²) in [4.78, 5) is 29.5. The number of rotatable bonds is 4. The van der Waals surface area contributed by atoms with Gasteiger partial charge >= 0.3 is 0 Å². The highest BCUT2D eigenvalue weighted by Crippen LogP contribution is 2.29. The zero-order chi connectivity index (χ0) is 20.2. The van der Waals surface area contributed by atoms with Gasteiger partial charge in [0, 0.05) is 43.9 Å². The average Bonchev–Trinajstić information content (AvgIpc) is 3.33. The molecular weight excluding hydrogens is 362 g/mol. The summed E-state index contributed by atoms with van der Waals surface area (Å²) in [7, 11) is 0. The molecule has 0 unspecified atom stereocenters. The van der Waals surface area contributed by atoms with Crippen LogP contribution in [0.5, 0.6) is 0 Å². The van der Waals surface area contributed by atoms with E-state index >= 15 is 0 Å². The van der Waals surface area contributed by atoms with Crippen molar-refractivity contribution in [1.82, 2.24) is 9.80 Å². The summed E-state index contributed by atoms with van der Waals surface area (Å²) >= 11 is 0. The van der Waals surface area contributed by atoms with E-state index in [9.17, 15) is 9.59 Å². The maximum absolute atomic E-state index is 13.0. The molecule has 2 amide bonds. The van der Waals surface area contributed by atoms with Crippen LogP contribution in [0, 0.1) is 0 Å². The predicted octanol–water partition coefficient (Wildman–Crippen LogP) is 3.40. The molecule has 0 radical (unpaired) electrons. The van der Waals surface area contributed by atoms with Crippen LogP contribution in [0.4, 0.5) is 0 Å². The maximum atomic E-state index is 13.0. The first-order valence-electron chi connectivity index (χ1n) is 10.6. The van der Waals surface area contributed by atoms with Gasteiger partial charge in [-0.1, -0.05) is 30.3 Å². The molecule has 0 aromatic heterocycles. The molecule has 2 N–H and O–H groups in total. The smallest absolute Gasteiger partial charge is 0.253 e. The molecule has 2 heterocycles. The minimum absolute atomic E-state index is 0.0234. The van der Waals surface area contributed by atoms with E-state index in [0.29, 0.717) is 23.6 Å². The fourth-order valence-corrected chi connectivity index (χ4v) is 4.46. The number of hydrogen-bond donors (Lipinski definition) is 1. The summed E-state index contributed by atoms with van der Waals surface area (Å²) in [6.07, 6.45) is 4.03. The molecule has 0 bridgehead atoms. The first-order chi connectivity index (χ1) is 14.2. The van der Waals surface area contributed by atoms with E-state index in [0.717, 1.165) is 57.4 Å². The SMILES string of the molecule is NCc1cccc(C2CCN(C(=O)c3cccc(C(=O)N4CCCC4)c3)CC2)c1. The Bertz CT molecular complexity index is 881. The van der Waals surface area contributed by atoms with Crippen LogP contribution in [-0.2, 0) is 6.54 Å². The predicted molar refractivity (Wildman–Crippen MR) is 114 cm³/mol. The van der Waals surface area contributed by atoms with Crippen LogP contribution >= 0.6 is 0 Å². The van der Waals surface area contributed by atoms with Gasteiger partial charge in [-0.2, -0.15) is 0 Å². The molecule has 5 nitrogen and oxygen atoms in total. The Labute approximate surface area is 172 Å². The summed E-state index contributed by atoms with van der Waals surface area (Å²) in [5.74, 6) is 0.527. The Balaban J connectivity index is 1.40. The summed E-state index contributed by atoms with van der Waals surface area (Å²) in [6, 6.07) is 15.7. The third-order valence-electron chi connectivity index (χ3n) is 6.19. The van der Waals surface area contributed by atoms with Crippen LogP contribution in [0.2, 0.25) is 0 Å². The molecule has 2 aliphatic rings. The van der Waals surface area contributed by atoms with Gasteiger partial charge in [0.15, 0.2) is 0 Å². The number of nitrogens with zero attached hydrogens (tertiary/aromatic N) is 2. The van der Waals surface area contributed by atoms with Gasteiger partial charge < -0.3 is 15.5 Å². The molecule has 152 valence electrons. The number of likely N-dealkylation sites (tertiary alicyclic amines) is 2. The number of amides is 2. The molecule has 4 rings (SSSR count). The van der Waals surface area contributed by atoms with Gasteiger partial charge in [0.25, 0.3) is 11.8 Å². The van der Waals surface area contributed by atoms with Gasteiger partial charge in [-0.05, 0) is 60.9 Å². The van der Waals surface area contributed by atoms with Crippen LogP contribution < -0.4 is 5.73 Å². The molecule has 2 fully saturated rings. The lowest BCUT2D eigenvalue weighted by Gasteiger charge is -2.32. The zero-order valence-corrected chi connectivity index (χ0v) is 16.8. The number of carbonyl (C=O) groups excluding carboxylic acids is 2. The second-order valence-corrected chi connectivity index (χ2v) is 8.10. The maximum Gasteiger partial charge on any atom is 0.253 e. The Morgan fingerprint density at radius 2 is 1.41 bits per heavy atom. The highest BCUT2D eigenvalue weighted by molar-refractivity contribution is 5.99. The zero-order valence-electron chi connectivity index (χ0n) is 16.8. The first-order valence-corrected chi connectivity index (χ1v) is 10.6. The van der Waals surface area contributed by atoms with E-state index in [4.69, 9.17) is 5.73 Å². The molecule has 0 aliphatic carbocycles. The van der Waals surface area contributed by atoms with Crippen molar-refractivity contribution in [3.63, 3.8) is 0 Å². The van der Waals surface area contributed by atoms with Crippen LogP contribution in [-0.4, -0.2) is 47.8 Å². The third-order valence-corrected chi connectivity index (χ3v) is 6.19. The van der Waals surface area contributed by atoms with E-state index < -0.39 is 0 Å². The van der Waals surface area contributed by atoms with Crippen LogP contribution in [0.25, 0.3) is 0 Å². The van der Waals surface area contributed by atoms with Gasteiger partial charge in [-0.3, -0.25) is 9.59 Å². The lowest BCUT2D eigenvalue weighted by molar-refractivity contribution is 0.0713. The van der Waals surface area contributed by atoms with Gasteiger partial charge in [0.05, 0.1) is 0 Å². The summed E-state index contributed by atoms with van der Waals surface area (Å²) in [5.41, 5.74) is 9.47. The quantitative estimate of drug-likeness (QED) is 0.869. The first kappa shape index (κ1) is 19.6. The summed E-state index contributed by atoms with van der Waals surface area (Å²) in [5, 5.41) is 0. The van der Waals surface area contributed by atoms with E-state index in [-0.39, 0.29) is 11.8 Å². The van der Waals surface area contributed by atoms with Crippen molar-refractivity contribution < 1.29 is 9.59 Å². The summed E-state index contributed by atoms with van der Waals surface area (Å²) < 4.78 is 0. The Hall–Kier alpha value is -2.66. The number of hydrogen-bond acceptors (Lipinski definition) is 3. The third kappa shape index (κ3) is 4.35. The van der Waals surface area contributed by atoms with E-state index in [1.165, 1.54) is 5.56 Å². The lowest BCUT2D eigenvalue weighted by Crippen LogP contribution is -2.38. The second-order valence-electron chi connectivity index (χ2n) is 8.10. The van der Waals surface area contributed by atoms with Crippen molar-refractivity contribution in [1.29, 1.82) is 0 Å². The Morgan fingerprint density at radius 1 is 0.828 bits per heavy atom. The Morgan fingerprint density at radius 3 is 2.03 bits per heavy atom. The van der Waals surface area contributed by atoms with E-state index in [2.05, 4.69) is 24.3 Å². The largest absolute Gasteiger partial charge is 0.339 e. The molecule has 2 saturated heterocycles. The number of piperidine rings is 1. The fraction of sp³-hybridized carbons (Fsp3) is 0.417. The van der Waals surface area contributed by atoms with Crippen molar-refractivity contribution in [2.75, 3.05) is 26.2 Å². The Kier molecular flexibility index (Phi) is 5.95. The van der Waals surface area contributed by atoms with Crippen LogP contribution in [0.15, 0.2) is 48.5 Å². The highest BCUT2D eigenvalue weighted by atomic mass is 16.2. The molecule has 29 heavy (non-hydrogen) atoms. The monoisotopic (exact) mass is 391 g/mol. The molecular formula is C24H29N3O2. The van der Waals surface area contributed by atoms with Crippen molar-refractivity contribution in [2.24, 2.45) is 5.73 Å². The van der Waals surface area contributed by atoms with Gasteiger partial charge in [0.2, 0.25) is 0 Å². The minimum Gasteiger partial charge on any atom is -0.339 e. The van der Waals surface area contributed by atoms with Crippen molar-refractivity contribution in [3.05, 3.63) is 70.8 Å². The number of nitrogens with two attached hydrogens (primary N) is 1. The molecule has 0 spiro atoms. The van der Waals surface area contributed by atoms with Crippen molar-refractivity contribution in [3.8, 4) is 0 Å². The number of benzene rings is 2. The molecule has 0 atom stereocenters. The molecule has 2 aromatic carbocycles. The van der Waals surface area contributed by atoms with Crippen LogP contribution in [0.3, 0.4) is 0 Å². The van der Waals surface area contributed by atoms with Gasteiger partial charge in [-0.15, -0.1) is 0 Å². The molecule has 2 aromatic rings. The van der Waals surface area contributed by atoms with Gasteiger partial charge in [0.1, 0.15) is 0 Å². The average molecular weight is 392 g/mol. The normalized spacial score (nSPS) is 17.6. The van der Waals surface area contributed by atoms with E-state index in [1.54, 1.807) is 6.07 Å². The van der Waals surface area contributed by atoms with Crippen molar-refractivity contribution >= 4 is 11.8 Å². The minimum atomic E-state index is 0.0234. The highest BCUT2D eigenvalue weighted by Gasteiger charge is 2.26. The second kappa shape index (κ2) is 8.78. The topological polar surface area (TPSA) is 66.6 Å². The molecule has 0 saturated carbocycles. The molecule has 2 aliphatic heterocycles. The number of carbonyl (C=O) groups is 2. The summed E-state index contributed by atoms with van der Waals surface area (Å²) in [6.45, 7) is 3.66. The standard InChI is InChI=1S/C24H29N3O2/c25-17-18-5-3-6-20(15-18)19-9-13-27(14-10-19)24(29)22-8-4-7-21(16-22)23(28)26-11-1-2-12-26/h3-8,15-16,19H,1-2,9-14,17,25H2. The van der Waals surface area contributed by atoms with Gasteiger partial charge in [-0.25, -0.2) is 0 Å². The van der Waals surface area contributed by atoms with Crippen molar-refractivity contribution in [2.45, 2.75) is 38.1 Å². The van der Waals surface area contributed by atoms with E-state index in [1.807, 2.05) is 28.0 Å².